The summed E-state index contributed by atoms with van der Waals surface area (Å²) in [6.07, 6.45) is 1.86. The summed E-state index contributed by atoms with van der Waals surface area (Å²) in [6.45, 7) is 8.15. The van der Waals surface area contributed by atoms with Crippen molar-refractivity contribution in [3.05, 3.63) is 30.3 Å². The lowest BCUT2D eigenvalue weighted by molar-refractivity contribution is -0.127. The van der Waals surface area contributed by atoms with Crippen LogP contribution in [0.2, 0.25) is 0 Å². The van der Waals surface area contributed by atoms with E-state index in [1.807, 2.05) is 32.0 Å². The van der Waals surface area contributed by atoms with Gasteiger partial charge in [0, 0.05) is 0 Å². The molecule has 2 amide bonds. The first kappa shape index (κ1) is 26.0. The number of hydrogen-bond donors (Lipinski definition) is 3. The van der Waals surface area contributed by atoms with Gasteiger partial charge in [0.05, 0.1) is 43.8 Å². The average Bonchev–Trinajstić information content (AvgIpc) is 3.03. The molecule has 1 saturated heterocycles. The van der Waals surface area contributed by atoms with E-state index >= 15 is 0 Å². The maximum atomic E-state index is 12.1. The number of anilines is 1. The highest BCUT2D eigenvalue weighted by molar-refractivity contribution is 6.14. The van der Waals surface area contributed by atoms with Crippen molar-refractivity contribution in [1.29, 1.82) is 0 Å². The number of hydrazine groups is 1. The molecule has 3 N–H and O–H groups in total. The van der Waals surface area contributed by atoms with Crippen molar-refractivity contribution in [3.8, 4) is 0 Å². The number of benzene rings is 1. The lowest BCUT2D eigenvalue weighted by atomic mass is 10.0. The molecule has 30 heavy (non-hydrogen) atoms. The molecule has 1 aromatic rings. The first-order valence-electron chi connectivity index (χ1n) is 10.5. The van der Waals surface area contributed by atoms with Crippen molar-refractivity contribution in [2.45, 2.75) is 65.3 Å². The molecule has 8 nitrogen and oxygen atoms in total. The highest BCUT2D eigenvalue weighted by atomic mass is 16.5. The Morgan fingerprint density at radius 2 is 1.70 bits per heavy atom. The number of aliphatic hydroxyl groups excluding tert-OH is 2. The summed E-state index contributed by atoms with van der Waals surface area (Å²) in [6, 6.07) is 9.17. The SMILES string of the molecule is CC(O)COC(C)COC(C)CO.CCCCC1C(=O)NN(c2ccccc2)C1=O. The zero-order chi connectivity index (χ0) is 22.5. The zero-order valence-corrected chi connectivity index (χ0v) is 18.4. The molecular weight excluding hydrogens is 388 g/mol. The summed E-state index contributed by atoms with van der Waals surface area (Å²) in [4.78, 5) is 23.8. The van der Waals surface area contributed by atoms with E-state index in [0.29, 0.717) is 25.3 Å². The molecule has 8 heteroatoms. The summed E-state index contributed by atoms with van der Waals surface area (Å²) in [5.41, 5.74) is 3.34. The number of para-hydroxylation sites is 1. The highest BCUT2D eigenvalue weighted by Gasteiger charge is 2.39. The van der Waals surface area contributed by atoms with Gasteiger partial charge in [-0.1, -0.05) is 38.0 Å². The molecule has 0 radical (unpaired) electrons. The van der Waals surface area contributed by atoms with Crippen LogP contribution in [0, 0.1) is 5.92 Å². The normalized spacial score (nSPS) is 19.0. The van der Waals surface area contributed by atoms with E-state index in [0.717, 1.165) is 12.8 Å². The lowest BCUT2D eigenvalue weighted by Gasteiger charge is -2.16. The Balaban J connectivity index is 0.000000314. The molecule has 1 aromatic carbocycles. The molecule has 170 valence electrons. The fourth-order valence-electron chi connectivity index (χ4n) is 2.65. The predicted octanol–water partition coefficient (Wildman–Crippen LogP) is 2.04. The van der Waals surface area contributed by atoms with Crippen LogP contribution in [-0.4, -0.2) is 60.2 Å². The van der Waals surface area contributed by atoms with Gasteiger partial charge in [0.2, 0.25) is 0 Å². The fraction of sp³-hybridized carbons (Fsp3) is 0.636. The molecule has 1 heterocycles. The van der Waals surface area contributed by atoms with E-state index in [4.69, 9.17) is 19.7 Å². The number of unbranched alkanes of at least 4 members (excludes halogenated alkanes) is 1. The number of aliphatic hydroxyl groups is 2. The van der Waals surface area contributed by atoms with Crippen molar-refractivity contribution in [1.82, 2.24) is 5.43 Å². The van der Waals surface area contributed by atoms with E-state index in [2.05, 4.69) is 5.43 Å². The average molecular weight is 425 g/mol. The van der Waals surface area contributed by atoms with Gasteiger partial charge in [-0.15, -0.1) is 0 Å². The monoisotopic (exact) mass is 424 g/mol. The van der Waals surface area contributed by atoms with E-state index in [-0.39, 0.29) is 30.6 Å². The van der Waals surface area contributed by atoms with E-state index < -0.39 is 12.0 Å². The van der Waals surface area contributed by atoms with Crippen molar-refractivity contribution in [2.24, 2.45) is 5.92 Å². The largest absolute Gasteiger partial charge is 0.394 e. The number of rotatable bonds is 11. The second-order valence-corrected chi connectivity index (χ2v) is 7.50. The molecule has 1 aliphatic heterocycles. The smallest absolute Gasteiger partial charge is 0.258 e. The van der Waals surface area contributed by atoms with Crippen LogP contribution in [0.5, 0.6) is 0 Å². The number of amides is 2. The Labute approximate surface area is 179 Å². The van der Waals surface area contributed by atoms with E-state index in [1.54, 1.807) is 26.0 Å². The van der Waals surface area contributed by atoms with Gasteiger partial charge in [-0.2, -0.15) is 0 Å². The zero-order valence-electron chi connectivity index (χ0n) is 18.4. The Bertz CT molecular complexity index is 625. The molecule has 0 spiro atoms. The van der Waals surface area contributed by atoms with Crippen LogP contribution < -0.4 is 10.4 Å². The van der Waals surface area contributed by atoms with Gasteiger partial charge >= 0.3 is 0 Å². The van der Waals surface area contributed by atoms with Crippen LogP contribution in [0.1, 0.15) is 47.0 Å². The summed E-state index contributed by atoms with van der Waals surface area (Å²) in [5, 5.41) is 18.9. The Morgan fingerprint density at radius 1 is 1.07 bits per heavy atom. The lowest BCUT2D eigenvalue weighted by Crippen LogP contribution is -2.35. The molecule has 1 aliphatic rings. The summed E-state index contributed by atoms with van der Waals surface area (Å²) < 4.78 is 10.5. The summed E-state index contributed by atoms with van der Waals surface area (Å²) in [7, 11) is 0. The first-order chi connectivity index (χ1) is 14.3. The van der Waals surface area contributed by atoms with Gasteiger partial charge in [0.1, 0.15) is 5.92 Å². The minimum absolute atomic E-state index is 0.0170. The van der Waals surface area contributed by atoms with Crippen molar-refractivity contribution in [2.75, 3.05) is 24.8 Å². The van der Waals surface area contributed by atoms with Gasteiger partial charge in [-0.3, -0.25) is 15.0 Å². The van der Waals surface area contributed by atoms with Gasteiger partial charge in [-0.25, -0.2) is 5.01 Å². The number of hydrogen-bond acceptors (Lipinski definition) is 6. The predicted molar refractivity (Wildman–Crippen MR) is 115 cm³/mol. The number of ether oxygens (including phenoxy) is 2. The molecule has 0 aromatic heterocycles. The van der Waals surface area contributed by atoms with Crippen molar-refractivity contribution in [3.63, 3.8) is 0 Å². The maximum Gasteiger partial charge on any atom is 0.258 e. The molecule has 0 aliphatic carbocycles. The number of carbonyl (C=O) groups excluding carboxylic acids is 2. The molecular formula is C22H36N2O6. The van der Waals surface area contributed by atoms with Crippen LogP contribution in [0.4, 0.5) is 5.69 Å². The molecule has 1 fully saturated rings. The van der Waals surface area contributed by atoms with Crippen LogP contribution in [0.25, 0.3) is 0 Å². The topological polar surface area (TPSA) is 108 Å². The molecule has 4 atom stereocenters. The minimum atomic E-state index is -0.518. The molecule has 4 unspecified atom stereocenters. The summed E-state index contributed by atoms with van der Waals surface area (Å²) in [5.74, 6) is -0.850. The quantitative estimate of drug-likeness (QED) is 0.469. The van der Waals surface area contributed by atoms with Gasteiger partial charge in [-0.05, 0) is 39.3 Å². The van der Waals surface area contributed by atoms with Gasteiger partial charge in [0.25, 0.3) is 11.8 Å². The van der Waals surface area contributed by atoms with Crippen molar-refractivity contribution >= 4 is 17.5 Å². The van der Waals surface area contributed by atoms with Crippen LogP contribution in [0.3, 0.4) is 0 Å². The Morgan fingerprint density at radius 3 is 2.27 bits per heavy atom. The minimum Gasteiger partial charge on any atom is -0.394 e. The third-order valence-electron chi connectivity index (χ3n) is 4.41. The van der Waals surface area contributed by atoms with Crippen LogP contribution in [0.15, 0.2) is 30.3 Å². The van der Waals surface area contributed by atoms with Crippen LogP contribution >= 0.6 is 0 Å². The van der Waals surface area contributed by atoms with Gasteiger partial charge < -0.3 is 19.7 Å². The fourth-order valence-corrected chi connectivity index (χ4v) is 2.65. The number of nitrogens with one attached hydrogen (secondary N) is 1. The Hall–Kier alpha value is -2.00. The Kier molecular flexibility index (Phi) is 12.2. The van der Waals surface area contributed by atoms with Crippen LogP contribution in [-0.2, 0) is 19.1 Å². The standard InChI is InChI=1S/C13H16N2O2.C9H20O4/c1-2-3-9-11-12(16)14-15(13(11)17)10-7-5-4-6-8-10;1-7(11)5-12-9(3)6-13-8(2)4-10/h4-8,11H,2-3,9H2,1H3,(H,14,16);7-11H,4-6H2,1-3H3. The number of nitrogens with zero attached hydrogens (tertiary/aromatic N) is 1. The second-order valence-electron chi connectivity index (χ2n) is 7.50. The van der Waals surface area contributed by atoms with E-state index in [9.17, 15) is 9.59 Å². The van der Waals surface area contributed by atoms with E-state index in [1.165, 1.54) is 5.01 Å². The first-order valence-corrected chi connectivity index (χ1v) is 10.5. The summed E-state index contributed by atoms with van der Waals surface area (Å²) >= 11 is 0. The third kappa shape index (κ3) is 9.21. The van der Waals surface area contributed by atoms with Crippen molar-refractivity contribution < 1.29 is 29.3 Å². The second kappa shape index (κ2) is 14.1. The molecule has 0 saturated carbocycles. The molecule has 2 rings (SSSR count). The maximum absolute atomic E-state index is 12.1. The third-order valence-corrected chi connectivity index (χ3v) is 4.41. The molecule has 0 bridgehead atoms. The highest BCUT2D eigenvalue weighted by Crippen LogP contribution is 2.22. The van der Waals surface area contributed by atoms with Gasteiger partial charge in [0.15, 0.2) is 0 Å². The number of carbonyl (C=O) groups is 2.